The Morgan fingerprint density at radius 2 is 2.19 bits per heavy atom. The van der Waals surface area contributed by atoms with Crippen LogP contribution in [-0.2, 0) is 4.74 Å². The Morgan fingerprint density at radius 1 is 1.44 bits per heavy atom. The van der Waals surface area contributed by atoms with Crippen LogP contribution in [0, 0.1) is 5.92 Å². The molecular formula is C13H28N2O. The summed E-state index contributed by atoms with van der Waals surface area (Å²) in [6.07, 6.45) is 2.40. The molecule has 1 rings (SSSR count). The summed E-state index contributed by atoms with van der Waals surface area (Å²) in [4.78, 5) is 2.61. The van der Waals surface area contributed by atoms with Crippen LogP contribution in [-0.4, -0.2) is 50.3 Å². The van der Waals surface area contributed by atoms with Crippen molar-refractivity contribution in [1.29, 1.82) is 0 Å². The highest BCUT2D eigenvalue weighted by molar-refractivity contribution is 4.82. The number of rotatable bonds is 5. The van der Waals surface area contributed by atoms with Crippen molar-refractivity contribution in [3.63, 3.8) is 0 Å². The van der Waals surface area contributed by atoms with Crippen LogP contribution in [0.2, 0.25) is 0 Å². The van der Waals surface area contributed by atoms with Gasteiger partial charge < -0.3 is 10.1 Å². The third kappa shape index (κ3) is 4.40. The average molecular weight is 228 g/mol. The van der Waals surface area contributed by atoms with E-state index in [1.807, 2.05) is 0 Å². The molecule has 3 heteroatoms. The van der Waals surface area contributed by atoms with E-state index in [9.17, 15) is 0 Å². The zero-order valence-electron chi connectivity index (χ0n) is 11.3. The predicted octanol–water partition coefficient (Wildman–Crippen LogP) is 1.73. The van der Waals surface area contributed by atoms with Gasteiger partial charge in [-0.2, -0.15) is 0 Å². The number of methoxy groups -OCH3 is 1. The Morgan fingerprint density at radius 3 is 2.81 bits per heavy atom. The molecule has 0 aromatic heterocycles. The van der Waals surface area contributed by atoms with Crippen LogP contribution in [0.4, 0.5) is 0 Å². The Balaban J connectivity index is 2.43. The molecule has 0 aromatic rings. The minimum absolute atomic E-state index is 0.646. The zero-order chi connectivity index (χ0) is 12.0. The van der Waals surface area contributed by atoms with E-state index in [1.165, 1.54) is 19.5 Å². The lowest BCUT2D eigenvalue weighted by molar-refractivity contribution is 0.147. The van der Waals surface area contributed by atoms with Crippen molar-refractivity contribution >= 4 is 0 Å². The largest absolute Gasteiger partial charge is 0.385 e. The molecule has 16 heavy (non-hydrogen) atoms. The summed E-state index contributed by atoms with van der Waals surface area (Å²) < 4.78 is 5.13. The molecule has 0 aliphatic carbocycles. The Bertz CT molecular complexity index is 185. The highest BCUT2D eigenvalue weighted by atomic mass is 16.5. The van der Waals surface area contributed by atoms with Crippen molar-refractivity contribution in [2.24, 2.45) is 5.92 Å². The van der Waals surface area contributed by atoms with E-state index in [1.54, 1.807) is 7.11 Å². The summed E-state index contributed by atoms with van der Waals surface area (Å²) in [6.45, 7) is 11.3. The van der Waals surface area contributed by atoms with Gasteiger partial charge in [-0.15, -0.1) is 0 Å². The highest BCUT2D eigenvalue weighted by Gasteiger charge is 2.23. The van der Waals surface area contributed by atoms with Crippen molar-refractivity contribution in [1.82, 2.24) is 10.2 Å². The third-order valence-electron chi connectivity index (χ3n) is 3.62. The van der Waals surface area contributed by atoms with Crippen LogP contribution in [0.25, 0.3) is 0 Å². The van der Waals surface area contributed by atoms with E-state index in [2.05, 4.69) is 31.0 Å². The van der Waals surface area contributed by atoms with E-state index in [4.69, 9.17) is 4.74 Å². The topological polar surface area (TPSA) is 24.5 Å². The molecule has 0 aromatic carbocycles. The lowest BCUT2D eigenvalue weighted by atomic mass is 10.0. The van der Waals surface area contributed by atoms with Gasteiger partial charge in [0.05, 0.1) is 0 Å². The molecule has 0 amide bonds. The van der Waals surface area contributed by atoms with Gasteiger partial charge in [-0.3, -0.25) is 4.90 Å². The Labute approximate surface area is 101 Å². The van der Waals surface area contributed by atoms with Crippen LogP contribution in [0.5, 0.6) is 0 Å². The second-order valence-corrected chi connectivity index (χ2v) is 5.28. The molecule has 0 bridgehead atoms. The van der Waals surface area contributed by atoms with Gasteiger partial charge in [0.2, 0.25) is 0 Å². The maximum absolute atomic E-state index is 5.13. The minimum atomic E-state index is 0.646. The van der Waals surface area contributed by atoms with Crippen LogP contribution in [0.15, 0.2) is 0 Å². The van der Waals surface area contributed by atoms with E-state index >= 15 is 0 Å². The van der Waals surface area contributed by atoms with Gasteiger partial charge >= 0.3 is 0 Å². The van der Waals surface area contributed by atoms with Crippen LogP contribution < -0.4 is 5.32 Å². The molecule has 1 aliphatic heterocycles. The van der Waals surface area contributed by atoms with Crippen molar-refractivity contribution < 1.29 is 4.74 Å². The lowest BCUT2D eigenvalue weighted by Crippen LogP contribution is -2.43. The fraction of sp³-hybridized carbons (Fsp3) is 1.00. The molecule has 0 saturated carbocycles. The van der Waals surface area contributed by atoms with Gasteiger partial charge in [-0.05, 0) is 32.2 Å². The monoisotopic (exact) mass is 228 g/mol. The first-order valence-electron chi connectivity index (χ1n) is 6.61. The zero-order valence-corrected chi connectivity index (χ0v) is 11.3. The molecule has 1 fully saturated rings. The summed E-state index contributed by atoms with van der Waals surface area (Å²) in [6, 6.07) is 1.35. The molecular weight excluding hydrogens is 200 g/mol. The first-order chi connectivity index (χ1) is 7.65. The van der Waals surface area contributed by atoms with Crippen LogP contribution >= 0.6 is 0 Å². The molecule has 2 atom stereocenters. The minimum Gasteiger partial charge on any atom is -0.385 e. The highest BCUT2D eigenvalue weighted by Crippen LogP contribution is 2.13. The SMILES string of the molecule is COCCCN1CC(C(C)C)NCCC1C. The van der Waals surface area contributed by atoms with Gasteiger partial charge in [0.25, 0.3) is 0 Å². The second kappa shape index (κ2) is 7.25. The van der Waals surface area contributed by atoms with Gasteiger partial charge in [0.15, 0.2) is 0 Å². The van der Waals surface area contributed by atoms with Crippen molar-refractivity contribution in [3.8, 4) is 0 Å². The van der Waals surface area contributed by atoms with E-state index in [0.717, 1.165) is 25.5 Å². The Hall–Kier alpha value is -0.120. The summed E-state index contributed by atoms with van der Waals surface area (Å²) in [5.74, 6) is 0.718. The second-order valence-electron chi connectivity index (χ2n) is 5.28. The maximum atomic E-state index is 5.13. The molecule has 0 radical (unpaired) electrons. The van der Waals surface area contributed by atoms with Crippen molar-refractivity contribution in [2.45, 2.75) is 45.7 Å². The van der Waals surface area contributed by atoms with Crippen molar-refractivity contribution in [2.75, 3.05) is 33.4 Å². The standard InChI is InChI=1S/C13H28N2O/c1-11(2)13-10-15(8-5-9-16-4)12(3)6-7-14-13/h11-14H,5-10H2,1-4H3. The van der Waals surface area contributed by atoms with E-state index in [0.29, 0.717) is 12.1 Å². The third-order valence-corrected chi connectivity index (χ3v) is 3.62. The molecule has 1 saturated heterocycles. The van der Waals surface area contributed by atoms with Gasteiger partial charge in [0, 0.05) is 38.9 Å². The van der Waals surface area contributed by atoms with E-state index in [-0.39, 0.29) is 0 Å². The van der Waals surface area contributed by atoms with E-state index < -0.39 is 0 Å². The quantitative estimate of drug-likeness (QED) is 0.725. The summed E-state index contributed by atoms with van der Waals surface area (Å²) in [5.41, 5.74) is 0. The number of nitrogens with zero attached hydrogens (tertiary/aromatic N) is 1. The molecule has 1 N–H and O–H groups in total. The first kappa shape index (κ1) is 13.9. The summed E-state index contributed by atoms with van der Waals surface area (Å²) >= 11 is 0. The molecule has 0 spiro atoms. The van der Waals surface area contributed by atoms with Crippen molar-refractivity contribution in [3.05, 3.63) is 0 Å². The molecule has 96 valence electrons. The van der Waals surface area contributed by atoms with Gasteiger partial charge in [-0.25, -0.2) is 0 Å². The predicted molar refractivity (Wildman–Crippen MR) is 68.8 cm³/mol. The smallest absolute Gasteiger partial charge is 0.0474 e. The molecule has 1 aliphatic rings. The molecule has 2 unspecified atom stereocenters. The number of ether oxygens (including phenoxy) is 1. The average Bonchev–Trinajstić information content (AvgIpc) is 2.42. The van der Waals surface area contributed by atoms with Gasteiger partial charge in [0.1, 0.15) is 0 Å². The molecule has 3 nitrogen and oxygen atoms in total. The lowest BCUT2D eigenvalue weighted by Gasteiger charge is -2.30. The normalized spacial score (nSPS) is 28.3. The summed E-state index contributed by atoms with van der Waals surface area (Å²) in [5, 5.41) is 3.66. The van der Waals surface area contributed by atoms with Gasteiger partial charge in [-0.1, -0.05) is 13.8 Å². The number of hydrogen-bond donors (Lipinski definition) is 1. The fourth-order valence-corrected chi connectivity index (χ4v) is 2.33. The first-order valence-corrected chi connectivity index (χ1v) is 6.61. The molecule has 1 heterocycles. The van der Waals surface area contributed by atoms with Crippen LogP contribution in [0.1, 0.15) is 33.6 Å². The summed E-state index contributed by atoms with van der Waals surface area (Å²) in [7, 11) is 1.78. The Kier molecular flexibility index (Phi) is 6.32. The maximum Gasteiger partial charge on any atom is 0.0474 e. The fourth-order valence-electron chi connectivity index (χ4n) is 2.33. The number of hydrogen-bond acceptors (Lipinski definition) is 3. The number of nitrogens with one attached hydrogen (secondary N) is 1. The van der Waals surface area contributed by atoms with Crippen LogP contribution in [0.3, 0.4) is 0 Å².